The molecule has 1 aliphatic carbocycles. The van der Waals surface area contributed by atoms with Gasteiger partial charge in [-0.25, -0.2) is 0 Å². The molecule has 0 saturated heterocycles. The molecule has 2 aromatic rings. The molecule has 1 aromatic heterocycles. The quantitative estimate of drug-likeness (QED) is 0.636. The van der Waals surface area contributed by atoms with E-state index in [2.05, 4.69) is 39.2 Å². The molecule has 5 heteroatoms. The van der Waals surface area contributed by atoms with Crippen LogP contribution in [0.25, 0.3) is 11.1 Å². The summed E-state index contributed by atoms with van der Waals surface area (Å²) in [5.74, 6) is 1.79. The van der Waals surface area contributed by atoms with E-state index in [0.717, 1.165) is 18.3 Å². The minimum atomic E-state index is 0.578. The van der Waals surface area contributed by atoms with Gasteiger partial charge in [0.15, 0.2) is 5.96 Å². The summed E-state index contributed by atoms with van der Waals surface area (Å²) in [6, 6.07) is 11.0. The van der Waals surface area contributed by atoms with Crippen molar-refractivity contribution in [3.8, 4) is 16.9 Å². The van der Waals surface area contributed by atoms with Gasteiger partial charge in [0, 0.05) is 18.0 Å². The summed E-state index contributed by atoms with van der Waals surface area (Å²) < 4.78 is 5.21. The molecule has 3 rings (SSSR count). The number of aliphatic imine (C=N–C) groups is 1. The first-order valence-corrected chi connectivity index (χ1v) is 9.35. The first-order chi connectivity index (χ1) is 11.8. The summed E-state index contributed by atoms with van der Waals surface area (Å²) in [5.41, 5.74) is 2.46. The van der Waals surface area contributed by atoms with Crippen LogP contribution >= 0.6 is 11.3 Å². The highest BCUT2D eigenvalue weighted by Gasteiger charge is 2.15. The molecule has 1 saturated carbocycles. The van der Waals surface area contributed by atoms with E-state index >= 15 is 0 Å². The van der Waals surface area contributed by atoms with Crippen LogP contribution in [0.2, 0.25) is 0 Å². The Morgan fingerprint density at radius 2 is 1.96 bits per heavy atom. The minimum absolute atomic E-state index is 0.578. The molecule has 0 radical (unpaired) electrons. The summed E-state index contributed by atoms with van der Waals surface area (Å²) in [5, 5.41) is 9.14. The Labute approximate surface area is 148 Å². The van der Waals surface area contributed by atoms with Crippen LogP contribution < -0.4 is 15.4 Å². The van der Waals surface area contributed by atoms with Gasteiger partial charge >= 0.3 is 0 Å². The molecular formula is C19H25N3OS. The van der Waals surface area contributed by atoms with Crippen molar-refractivity contribution in [2.45, 2.75) is 38.3 Å². The highest BCUT2D eigenvalue weighted by Crippen LogP contribution is 2.27. The minimum Gasteiger partial charge on any atom is -0.497 e. The van der Waals surface area contributed by atoms with Crippen LogP contribution in [-0.2, 0) is 6.54 Å². The molecule has 1 heterocycles. The summed E-state index contributed by atoms with van der Waals surface area (Å²) in [4.78, 5) is 5.64. The van der Waals surface area contributed by atoms with Gasteiger partial charge in [-0.05, 0) is 47.5 Å². The Kier molecular flexibility index (Phi) is 5.75. The average Bonchev–Trinajstić information content (AvgIpc) is 3.30. The molecule has 0 atom stereocenters. The van der Waals surface area contributed by atoms with E-state index in [1.54, 1.807) is 18.4 Å². The number of benzene rings is 1. The van der Waals surface area contributed by atoms with Crippen LogP contribution in [0.15, 0.2) is 40.7 Å². The largest absolute Gasteiger partial charge is 0.497 e. The van der Waals surface area contributed by atoms with Crippen LogP contribution in [0, 0.1) is 0 Å². The smallest absolute Gasteiger partial charge is 0.191 e. The average molecular weight is 343 g/mol. The number of ether oxygens (including phenoxy) is 1. The predicted octanol–water partition coefficient (Wildman–Crippen LogP) is 4.03. The summed E-state index contributed by atoms with van der Waals surface area (Å²) in [6.45, 7) is 0.799. The van der Waals surface area contributed by atoms with Crippen LogP contribution in [0.4, 0.5) is 0 Å². The van der Waals surface area contributed by atoms with E-state index in [9.17, 15) is 0 Å². The molecule has 0 spiro atoms. The second-order valence-electron chi connectivity index (χ2n) is 6.08. The number of guanidine groups is 1. The molecule has 0 aliphatic heterocycles. The first kappa shape index (κ1) is 16.8. The molecular weight excluding hydrogens is 318 g/mol. The van der Waals surface area contributed by atoms with Crippen LogP contribution in [-0.4, -0.2) is 26.2 Å². The Morgan fingerprint density at radius 1 is 1.21 bits per heavy atom. The zero-order valence-electron chi connectivity index (χ0n) is 14.3. The van der Waals surface area contributed by atoms with Crippen molar-refractivity contribution in [1.82, 2.24) is 10.6 Å². The van der Waals surface area contributed by atoms with E-state index in [1.807, 2.05) is 19.2 Å². The lowest BCUT2D eigenvalue weighted by molar-refractivity contribution is 0.415. The lowest BCUT2D eigenvalue weighted by Gasteiger charge is -2.16. The summed E-state index contributed by atoms with van der Waals surface area (Å²) >= 11 is 1.77. The third-order valence-corrected chi connectivity index (χ3v) is 5.36. The fraction of sp³-hybridized carbons (Fsp3) is 0.421. The van der Waals surface area contributed by atoms with Crippen molar-refractivity contribution in [1.29, 1.82) is 0 Å². The fourth-order valence-corrected chi connectivity index (χ4v) is 3.87. The Balaban J connectivity index is 1.56. The number of hydrogen-bond donors (Lipinski definition) is 2. The normalized spacial score (nSPS) is 15.5. The lowest BCUT2D eigenvalue weighted by Crippen LogP contribution is -2.41. The van der Waals surface area contributed by atoms with Gasteiger partial charge in [-0.15, -0.1) is 11.3 Å². The van der Waals surface area contributed by atoms with E-state index in [4.69, 9.17) is 4.74 Å². The van der Waals surface area contributed by atoms with E-state index < -0.39 is 0 Å². The van der Waals surface area contributed by atoms with Crippen molar-refractivity contribution in [3.05, 3.63) is 40.6 Å². The predicted molar refractivity (Wildman–Crippen MR) is 102 cm³/mol. The highest BCUT2D eigenvalue weighted by molar-refractivity contribution is 7.10. The van der Waals surface area contributed by atoms with Gasteiger partial charge < -0.3 is 15.4 Å². The Bertz CT molecular complexity index is 672. The topological polar surface area (TPSA) is 45.7 Å². The van der Waals surface area contributed by atoms with Crippen molar-refractivity contribution in [2.24, 2.45) is 4.99 Å². The van der Waals surface area contributed by atoms with Gasteiger partial charge in [0.25, 0.3) is 0 Å². The molecule has 4 nitrogen and oxygen atoms in total. The number of nitrogens with zero attached hydrogens (tertiary/aromatic N) is 1. The van der Waals surface area contributed by atoms with Gasteiger partial charge in [-0.2, -0.15) is 0 Å². The van der Waals surface area contributed by atoms with E-state index in [1.165, 1.54) is 41.7 Å². The number of rotatable bonds is 5. The molecule has 1 fully saturated rings. The Morgan fingerprint density at radius 3 is 2.62 bits per heavy atom. The molecule has 0 unspecified atom stereocenters. The SMILES string of the molecule is CN=C(NCc1cc(-c2ccc(OC)cc2)cs1)NC1CCCC1. The maximum absolute atomic E-state index is 5.21. The van der Waals surface area contributed by atoms with Crippen molar-refractivity contribution in [3.63, 3.8) is 0 Å². The van der Waals surface area contributed by atoms with Gasteiger partial charge in [0.1, 0.15) is 5.75 Å². The highest BCUT2D eigenvalue weighted by atomic mass is 32.1. The van der Waals surface area contributed by atoms with Crippen molar-refractivity contribution < 1.29 is 4.74 Å². The monoisotopic (exact) mass is 343 g/mol. The zero-order chi connectivity index (χ0) is 16.8. The fourth-order valence-electron chi connectivity index (χ4n) is 3.04. The Hall–Kier alpha value is -2.01. The second-order valence-corrected chi connectivity index (χ2v) is 7.08. The van der Waals surface area contributed by atoms with E-state index in [-0.39, 0.29) is 0 Å². The van der Waals surface area contributed by atoms with Crippen molar-refractivity contribution >= 4 is 17.3 Å². The second kappa shape index (κ2) is 8.20. The summed E-state index contributed by atoms with van der Waals surface area (Å²) in [7, 11) is 3.53. The standard InChI is InChI=1S/C19H25N3OS/c1-20-19(22-16-5-3-4-6-16)21-12-18-11-15(13-24-18)14-7-9-17(23-2)10-8-14/h7-11,13,16H,3-6,12H2,1-2H3,(H2,20,21,22). The van der Waals surface area contributed by atoms with Crippen molar-refractivity contribution in [2.75, 3.05) is 14.2 Å². The number of hydrogen-bond acceptors (Lipinski definition) is 3. The number of nitrogens with one attached hydrogen (secondary N) is 2. The molecule has 1 aliphatic rings. The third kappa shape index (κ3) is 4.29. The molecule has 2 N–H and O–H groups in total. The molecule has 0 amide bonds. The van der Waals surface area contributed by atoms with Gasteiger partial charge in [0.05, 0.1) is 13.7 Å². The molecule has 24 heavy (non-hydrogen) atoms. The van der Waals surface area contributed by atoms with Crippen LogP contribution in [0.5, 0.6) is 5.75 Å². The van der Waals surface area contributed by atoms with Crippen LogP contribution in [0.1, 0.15) is 30.6 Å². The third-order valence-electron chi connectivity index (χ3n) is 4.43. The maximum atomic E-state index is 5.21. The van der Waals surface area contributed by atoms with Crippen LogP contribution in [0.3, 0.4) is 0 Å². The number of methoxy groups -OCH3 is 1. The maximum Gasteiger partial charge on any atom is 0.191 e. The van der Waals surface area contributed by atoms with E-state index in [0.29, 0.717) is 6.04 Å². The van der Waals surface area contributed by atoms with Gasteiger partial charge in [0.2, 0.25) is 0 Å². The van der Waals surface area contributed by atoms with Gasteiger partial charge in [-0.3, -0.25) is 4.99 Å². The first-order valence-electron chi connectivity index (χ1n) is 8.47. The molecule has 0 bridgehead atoms. The number of thiophene rings is 1. The molecule has 128 valence electrons. The lowest BCUT2D eigenvalue weighted by atomic mass is 10.1. The summed E-state index contributed by atoms with van der Waals surface area (Å²) in [6.07, 6.45) is 5.15. The zero-order valence-corrected chi connectivity index (χ0v) is 15.2. The molecule has 1 aromatic carbocycles. The van der Waals surface area contributed by atoms with Gasteiger partial charge in [-0.1, -0.05) is 25.0 Å².